The Morgan fingerprint density at radius 1 is 1.38 bits per heavy atom. The standard InChI is InChI=1S/C13H19NO2/c1-3-10(9-15)14-12-8-6-5-7-11(12)13(16)4-2/h5-8,10,14-15H,3-4,9H2,1-2H3. The van der Waals surface area contributed by atoms with Crippen LogP contribution >= 0.6 is 0 Å². The molecule has 88 valence electrons. The van der Waals surface area contributed by atoms with Crippen molar-refractivity contribution in [2.45, 2.75) is 32.7 Å². The third-order valence-corrected chi connectivity index (χ3v) is 2.62. The van der Waals surface area contributed by atoms with Gasteiger partial charge in [0.15, 0.2) is 5.78 Å². The zero-order valence-electron chi connectivity index (χ0n) is 9.86. The monoisotopic (exact) mass is 221 g/mol. The summed E-state index contributed by atoms with van der Waals surface area (Å²) in [5.74, 6) is 0.121. The molecule has 0 radical (unpaired) electrons. The van der Waals surface area contributed by atoms with Crippen LogP contribution in [0.2, 0.25) is 0 Å². The summed E-state index contributed by atoms with van der Waals surface area (Å²) in [6.07, 6.45) is 1.32. The minimum Gasteiger partial charge on any atom is -0.394 e. The summed E-state index contributed by atoms with van der Waals surface area (Å²) in [4.78, 5) is 11.7. The number of nitrogens with one attached hydrogen (secondary N) is 1. The van der Waals surface area contributed by atoms with Gasteiger partial charge in [0, 0.05) is 23.7 Å². The lowest BCUT2D eigenvalue weighted by Crippen LogP contribution is -2.23. The van der Waals surface area contributed by atoms with Crippen molar-refractivity contribution < 1.29 is 9.90 Å². The highest BCUT2D eigenvalue weighted by atomic mass is 16.3. The fourth-order valence-corrected chi connectivity index (χ4v) is 1.54. The smallest absolute Gasteiger partial charge is 0.164 e. The van der Waals surface area contributed by atoms with Gasteiger partial charge in [0.05, 0.1) is 6.61 Å². The van der Waals surface area contributed by atoms with E-state index in [2.05, 4.69) is 5.32 Å². The van der Waals surface area contributed by atoms with Crippen LogP contribution in [0.5, 0.6) is 0 Å². The SMILES string of the molecule is CCC(=O)c1ccccc1NC(CC)CO. The fourth-order valence-electron chi connectivity index (χ4n) is 1.54. The minimum atomic E-state index is 0.00538. The summed E-state index contributed by atoms with van der Waals surface area (Å²) in [5.41, 5.74) is 1.52. The molecule has 0 saturated heterocycles. The number of para-hydroxylation sites is 1. The van der Waals surface area contributed by atoms with Crippen molar-refractivity contribution in [1.29, 1.82) is 0 Å². The third kappa shape index (κ3) is 3.07. The maximum atomic E-state index is 11.7. The van der Waals surface area contributed by atoms with Gasteiger partial charge in [0.25, 0.3) is 0 Å². The predicted octanol–water partition coefficient (Wildman–Crippen LogP) is 2.46. The Labute approximate surface area is 96.5 Å². The van der Waals surface area contributed by atoms with Crippen LogP contribution in [0.1, 0.15) is 37.0 Å². The van der Waals surface area contributed by atoms with Gasteiger partial charge in [-0.15, -0.1) is 0 Å². The second kappa shape index (κ2) is 6.28. The first kappa shape index (κ1) is 12.7. The van der Waals surface area contributed by atoms with E-state index in [0.29, 0.717) is 12.0 Å². The van der Waals surface area contributed by atoms with Gasteiger partial charge in [-0.2, -0.15) is 0 Å². The number of carbonyl (C=O) groups is 1. The van der Waals surface area contributed by atoms with E-state index in [1.807, 2.05) is 38.1 Å². The molecular formula is C13H19NO2. The molecule has 0 fully saturated rings. The Bertz CT molecular complexity index is 346. The summed E-state index contributed by atoms with van der Waals surface area (Å²) in [6, 6.07) is 7.44. The first-order chi connectivity index (χ1) is 7.72. The van der Waals surface area contributed by atoms with Gasteiger partial charge in [0.2, 0.25) is 0 Å². The lowest BCUT2D eigenvalue weighted by Gasteiger charge is -2.17. The maximum absolute atomic E-state index is 11.7. The number of hydrogen-bond acceptors (Lipinski definition) is 3. The first-order valence-electron chi connectivity index (χ1n) is 5.72. The molecule has 0 aliphatic heterocycles. The third-order valence-electron chi connectivity index (χ3n) is 2.62. The van der Waals surface area contributed by atoms with Crippen LogP contribution in [-0.4, -0.2) is 23.5 Å². The maximum Gasteiger partial charge on any atom is 0.164 e. The van der Waals surface area contributed by atoms with Gasteiger partial charge in [-0.3, -0.25) is 4.79 Å². The van der Waals surface area contributed by atoms with Crippen molar-refractivity contribution in [1.82, 2.24) is 0 Å². The van der Waals surface area contributed by atoms with Crippen LogP contribution in [-0.2, 0) is 0 Å². The average molecular weight is 221 g/mol. The number of aliphatic hydroxyl groups excluding tert-OH is 1. The Balaban J connectivity index is 2.90. The van der Waals surface area contributed by atoms with Crippen molar-refractivity contribution in [2.24, 2.45) is 0 Å². The highest BCUT2D eigenvalue weighted by Crippen LogP contribution is 2.18. The fraction of sp³-hybridized carbons (Fsp3) is 0.462. The van der Waals surface area contributed by atoms with Gasteiger partial charge in [-0.1, -0.05) is 26.0 Å². The number of anilines is 1. The molecule has 1 rings (SSSR count). The summed E-state index contributed by atoms with van der Waals surface area (Å²) >= 11 is 0. The number of Topliss-reactive ketones (excluding diaryl/α,β-unsaturated/α-hetero) is 1. The molecule has 2 N–H and O–H groups in total. The molecule has 0 spiro atoms. The van der Waals surface area contributed by atoms with E-state index in [0.717, 1.165) is 12.1 Å². The largest absolute Gasteiger partial charge is 0.394 e. The van der Waals surface area contributed by atoms with E-state index in [4.69, 9.17) is 5.11 Å². The van der Waals surface area contributed by atoms with Crippen LogP contribution in [0, 0.1) is 0 Å². The first-order valence-corrected chi connectivity index (χ1v) is 5.72. The summed E-state index contributed by atoms with van der Waals surface area (Å²) in [6.45, 7) is 3.92. The van der Waals surface area contributed by atoms with Gasteiger partial charge in [-0.05, 0) is 18.6 Å². The number of ketones is 1. The molecule has 0 aliphatic rings. The molecular weight excluding hydrogens is 202 g/mol. The lowest BCUT2D eigenvalue weighted by atomic mass is 10.1. The molecule has 3 nitrogen and oxygen atoms in total. The Morgan fingerprint density at radius 2 is 2.06 bits per heavy atom. The Morgan fingerprint density at radius 3 is 2.62 bits per heavy atom. The number of rotatable bonds is 6. The van der Waals surface area contributed by atoms with Crippen LogP contribution in [0.15, 0.2) is 24.3 Å². The van der Waals surface area contributed by atoms with E-state index in [1.54, 1.807) is 0 Å². The minimum absolute atomic E-state index is 0.00538. The van der Waals surface area contributed by atoms with Crippen LogP contribution in [0.3, 0.4) is 0 Å². The van der Waals surface area contributed by atoms with Crippen LogP contribution in [0.25, 0.3) is 0 Å². The zero-order chi connectivity index (χ0) is 12.0. The van der Waals surface area contributed by atoms with Crippen LogP contribution < -0.4 is 5.32 Å². The average Bonchev–Trinajstić information content (AvgIpc) is 2.35. The second-order valence-corrected chi connectivity index (χ2v) is 3.75. The molecule has 1 unspecified atom stereocenters. The summed E-state index contributed by atoms with van der Waals surface area (Å²) in [7, 11) is 0. The molecule has 1 atom stereocenters. The molecule has 16 heavy (non-hydrogen) atoms. The molecule has 0 amide bonds. The molecule has 1 aromatic carbocycles. The van der Waals surface area contributed by atoms with Crippen molar-refractivity contribution in [2.75, 3.05) is 11.9 Å². The van der Waals surface area contributed by atoms with E-state index in [9.17, 15) is 4.79 Å². The Hall–Kier alpha value is -1.35. The van der Waals surface area contributed by atoms with Gasteiger partial charge < -0.3 is 10.4 Å². The van der Waals surface area contributed by atoms with Crippen molar-refractivity contribution in [3.63, 3.8) is 0 Å². The molecule has 0 aromatic heterocycles. The lowest BCUT2D eigenvalue weighted by molar-refractivity contribution is 0.0989. The number of hydrogen-bond donors (Lipinski definition) is 2. The molecule has 3 heteroatoms. The number of benzene rings is 1. The Kier molecular flexibility index (Phi) is 4.99. The molecule has 1 aromatic rings. The van der Waals surface area contributed by atoms with Gasteiger partial charge in [0.1, 0.15) is 0 Å². The number of carbonyl (C=O) groups excluding carboxylic acids is 1. The van der Waals surface area contributed by atoms with Gasteiger partial charge >= 0.3 is 0 Å². The van der Waals surface area contributed by atoms with Gasteiger partial charge in [-0.25, -0.2) is 0 Å². The van der Waals surface area contributed by atoms with Crippen molar-refractivity contribution >= 4 is 11.5 Å². The highest BCUT2D eigenvalue weighted by molar-refractivity contribution is 6.01. The number of aliphatic hydroxyl groups is 1. The van der Waals surface area contributed by atoms with E-state index in [1.165, 1.54) is 0 Å². The summed E-state index contributed by atoms with van der Waals surface area (Å²) in [5, 5.41) is 12.3. The van der Waals surface area contributed by atoms with E-state index in [-0.39, 0.29) is 18.4 Å². The zero-order valence-corrected chi connectivity index (χ0v) is 9.86. The topological polar surface area (TPSA) is 49.3 Å². The molecule has 0 aliphatic carbocycles. The van der Waals surface area contributed by atoms with Crippen LogP contribution in [0.4, 0.5) is 5.69 Å². The second-order valence-electron chi connectivity index (χ2n) is 3.75. The molecule has 0 saturated carbocycles. The molecule has 0 bridgehead atoms. The van der Waals surface area contributed by atoms with E-state index >= 15 is 0 Å². The van der Waals surface area contributed by atoms with E-state index < -0.39 is 0 Å². The summed E-state index contributed by atoms with van der Waals surface area (Å²) < 4.78 is 0. The predicted molar refractivity (Wildman–Crippen MR) is 65.9 cm³/mol. The molecule has 0 heterocycles. The quantitative estimate of drug-likeness (QED) is 0.725. The van der Waals surface area contributed by atoms with Crippen molar-refractivity contribution in [3.05, 3.63) is 29.8 Å². The highest BCUT2D eigenvalue weighted by Gasteiger charge is 2.11. The van der Waals surface area contributed by atoms with Crippen molar-refractivity contribution in [3.8, 4) is 0 Å². The normalized spacial score (nSPS) is 12.2.